The van der Waals surface area contributed by atoms with Crippen molar-refractivity contribution in [2.75, 3.05) is 25.5 Å². The van der Waals surface area contributed by atoms with Gasteiger partial charge in [0.2, 0.25) is 10.0 Å². The lowest BCUT2D eigenvalue weighted by Gasteiger charge is -2.11. The van der Waals surface area contributed by atoms with Gasteiger partial charge < -0.3 is 10.5 Å². The Hall–Kier alpha value is -1.03. The molecule has 0 atom stereocenters. The Kier molecular flexibility index (Phi) is 5.85. The number of rotatable bonds is 6. The van der Waals surface area contributed by atoms with Crippen molar-refractivity contribution in [3.63, 3.8) is 0 Å². The summed E-state index contributed by atoms with van der Waals surface area (Å²) < 4.78 is 65.7. The van der Waals surface area contributed by atoms with Crippen LogP contribution in [0.15, 0.2) is 17.0 Å². The highest BCUT2D eigenvalue weighted by molar-refractivity contribution is 7.89. The summed E-state index contributed by atoms with van der Waals surface area (Å²) in [7, 11) is -3.97. The standard InChI is InChI=1S/C11H14ClF3N2O3S/c1-7-4-8(12)10(5-9(7)16)21(18,19)17-2-3-20-6-11(13,14)15/h4-5,17H,2-3,6,16H2,1H3. The van der Waals surface area contributed by atoms with Crippen LogP contribution in [0.25, 0.3) is 0 Å². The topological polar surface area (TPSA) is 81.4 Å². The molecule has 21 heavy (non-hydrogen) atoms. The molecule has 0 saturated heterocycles. The molecule has 5 nitrogen and oxygen atoms in total. The summed E-state index contributed by atoms with van der Waals surface area (Å²) in [5.74, 6) is 0. The maximum atomic E-state index is 11.9. The fourth-order valence-electron chi connectivity index (χ4n) is 1.39. The van der Waals surface area contributed by atoms with E-state index < -0.39 is 29.4 Å². The Morgan fingerprint density at radius 3 is 2.57 bits per heavy atom. The second-order valence-electron chi connectivity index (χ2n) is 4.20. The quantitative estimate of drug-likeness (QED) is 0.610. The third-order valence-electron chi connectivity index (χ3n) is 2.41. The van der Waals surface area contributed by atoms with E-state index in [2.05, 4.69) is 9.46 Å². The smallest absolute Gasteiger partial charge is 0.398 e. The number of hydrogen-bond acceptors (Lipinski definition) is 4. The van der Waals surface area contributed by atoms with E-state index in [4.69, 9.17) is 17.3 Å². The summed E-state index contributed by atoms with van der Waals surface area (Å²) in [6.45, 7) is -0.511. The maximum Gasteiger partial charge on any atom is 0.411 e. The van der Waals surface area contributed by atoms with Gasteiger partial charge in [-0.15, -0.1) is 0 Å². The summed E-state index contributed by atoms with van der Waals surface area (Å²) in [5.41, 5.74) is 6.47. The number of hydrogen-bond donors (Lipinski definition) is 2. The molecule has 0 spiro atoms. The van der Waals surface area contributed by atoms with Gasteiger partial charge in [0.1, 0.15) is 11.5 Å². The summed E-state index contributed by atoms with van der Waals surface area (Å²) in [6, 6.07) is 2.59. The third kappa shape index (κ3) is 5.70. The van der Waals surface area contributed by atoms with Gasteiger partial charge in [0.25, 0.3) is 0 Å². The van der Waals surface area contributed by atoms with E-state index >= 15 is 0 Å². The Labute approximate surface area is 125 Å². The number of sulfonamides is 1. The maximum absolute atomic E-state index is 11.9. The Morgan fingerprint density at radius 1 is 1.38 bits per heavy atom. The van der Waals surface area contributed by atoms with Gasteiger partial charge in [-0.2, -0.15) is 13.2 Å². The number of ether oxygens (including phenoxy) is 1. The minimum atomic E-state index is -4.45. The van der Waals surface area contributed by atoms with E-state index in [0.29, 0.717) is 5.56 Å². The van der Waals surface area contributed by atoms with E-state index in [-0.39, 0.29) is 22.2 Å². The summed E-state index contributed by atoms with van der Waals surface area (Å²) in [4.78, 5) is -0.233. The van der Waals surface area contributed by atoms with Crippen molar-refractivity contribution in [2.24, 2.45) is 0 Å². The first-order valence-electron chi connectivity index (χ1n) is 5.73. The van der Waals surface area contributed by atoms with E-state index in [1.807, 2.05) is 0 Å². The zero-order chi connectivity index (χ0) is 16.3. The van der Waals surface area contributed by atoms with Crippen molar-refractivity contribution in [1.82, 2.24) is 4.72 Å². The van der Waals surface area contributed by atoms with Crippen LogP contribution >= 0.6 is 11.6 Å². The normalized spacial score (nSPS) is 12.6. The van der Waals surface area contributed by atoms with Crippen molar-refractivity contribution in [3.8, 4) is 0 Å². The van der Waals surface area contributed by atoms with Crippen LogP contribution < -0.4 is 10.5 Å². The van der Waals surface area contributed by atoms with Crippen molar-refractivity contribution < 1.29 is 26.3 Å². The summed E-state index contributed by atoms with van der Waals surface area (Å²) in [5, 5.41) is -0.0228. The molecule has 0 unspecified atom stereocenters. The number of anilines is 1. The van der Waals surface area contributed by atoms with Crippen LogP contribution in [0.3, 0.4) is 0 Å². The molecule has 0 aliphatic carbocycles. The van der Waals surface area contributed by atoms with Crippen LogP contribution in [0.4, 0.5) is 18.9 Å². The molecule has 120 valence electrons. The zero-order valence-electron chi connectivity index (χ0n) is 11.0. The van der Waals surface area contributed by atoms with Crippen molar-refractivity contribution in [3.05, 3.63) is 22.7 Å². The first kappa shape index (κ1) is 18.0. The predicted molar refractivity (Wildman–Crippen MR) is 72.7 cm³/mol. The van der Waals surface area contributed by atoms with Crippen LogP contribution in [0.2, 0.25) is 5.02 Å². The van der Waals surface area contributed by atoms with Gasteiger partial charge in [0.05, 0.1) is 11.6 Å². The number of benzene rings is 1. The van der Waals surface area contributed by atoms with Crippen LogP contribution in [-0.2, 0) is 14.8 Å². The largest absolute Gasteiger partial charge is 0.411 e. The number of alkyl halides is 3. The van der Waals surface area contributed by atoms with Crippen LogP contribution in [0, 0.1) is 6.92 Å². The molecular weight excluding hydrogens is 333 g/mol. The second-order valence-corrected chi connectivity index (χ2v) is 6.35. The highest BCUT2D eigenvalue weighted by atomic mass is 35.5. The minimum absolute atomic E-state index is 0.0228. The molecule has 0 saturated carbocycles. The first-order chi connectivity index (χ1) is 9.53. The Morgan fingerprint density at radius 2 is 2.00 bits per heavy atom. The molecule has 0 aromatic heterocycles. The molecule has 0 aliphatic heterocycles. The molecular formula is C11H14ClF3N2O3S. The van der Waals surface area contributed by atoms with Crippen molar-refractivity contribution >= 4 is 27.3 Å². The molecule has 10 heteroatoms. The van der Waals surface area contributed by atoms with Gasteiger partial charge in [0, 0.05) is 12.2 Å². The average molecular weight is 347 g/mol. The SMILES string of the molecule is Cc1cc(Cl)c(S(=O)(=O)NCCOCC(F)(F)F)cc1N. The lowest BCUT2D eigenvalue weighted by Crippen LogP contribution is -2.29. The molecule has 0 amide bonds. The number of nitrogen functional groups attached to an aromatic ring is 1. The zero-order valence-corrected chi connectivity index (χ0v) is 12.6. The molecule has 3 N–H and O–H groups in total. The molecule has 1 aromatic rings. The van der Waals surface area contributed by atoms with Crippen LogP contribution in [0.1, 0.15) is 5.56 Å². The van der Waals surface area contributed by atoms with E-state index in [0.717, 1.165) is 0 Å². The lowest BCUT2D eigenvalue weighted by atomic mass is 10.2. The molecule has 1 rings (SSSR count). The molecule has 0 bridgehead atoms. The second kappa shape index (κ2) is 6.82. The van der Waals surface area contributed by atoms with E-state index in [1.165, 1.54) is 12.1 Å². The average Bonchev–Trinajstić information content (AvgIpc) is 2.31. The number of nitrogens with one attached hydrogen (secondary N) is 1. The number of nitrogens with two attached hydrogens (primary N) is 1. The Bertz CT molecular complexity index is 605. The monoisotopic (exact) mass is 346 g/mol. The Balaban J connectivity index is 2.64. The summed E-state index contributed by atoms with van der Waals surface area (Å²) >= 11 is 5.83. The van der Waals surface area contributed by atoms with Gasteiger partial charge in [-0.1, -0.05) is 11.6 Å². The van der Waals surface area contributed by atoms with Crippen LogP contribution in [0.5, 0.6) is 0 Å². The van der Waals surface area contributed by atoms with Crippen molar-refractivity contribution in [2.45, 2.75) is 18.0 Å². The highest BCUT2D eigenvalue weighted by Gasteiger charge is 2.27. The fraction of sp³-hybridized carbons (Fsp3) is 0.455. The predicted octanol–water partition coefficient (Wildman–Crippen LogP) is 2.09. The highest BCUT2D eigenvalue weighted by Crippen LogP contribution is 2.26. The molecule has 0 aliphatic rings. The molecule has 1 aromatic carbocycles. The van der Waals surface area contributed by atoms with Gasteiger partial charge in [-0.05, 0) is 24.6 Å². The van der Waals surface area contributed by atoms with E-state index in [1.54, 1.807) is 6.92 Å². The lowest BCUT2D eigenvalue weighted by molar-refractivity contribution is -0.173. The first-order valence-corrected chi connectivity index (χ1v) is 7.59. The van der Waals surface area contributed by atoms with Gasteiger partial charge in [0.15, 0.2) is 0 Å². The van der Waals surface area contributed by atoms with Gasteiger partial charge in [-0.25, -0.2) is 13.1 Å². The molecule has 0 heterocycles. The van der Waals surface area contributed by atoms with Gasteiger partial charge >= 0.3 is 6.18 Å². The minimum Gasteiger partial charge on any atom is -0.398 e. The van der Waals surface area contributed by atoms with Crippen molar-refractivity contribution in [1.29, 1.82) is 0 Å². The fourth-order valence-corrected chi connectivity index (χ4v) is 3.02. The van der Waals surface area contributed by atoms with Crippen LogP contribution in [-0.4, -0.2) is 34.4 Å². The molecule has 0 radical (unpaired) electrons. The van der Waals surface area contributed by atoms with E-state index in [9.17, 15) is 21.6 Å². The number of aryl methyl sites for hydroxylation is 1. The summed E-state index contributed by atoms with van der Waals surface area (Å²) in [6.07, 6.45) is -4.45. The third-order valence-corrected chi connectivity index (χ3v) is 4.34. The molecule has 0 fully saturated rings. The van der Waals surface area contributed by atoms with Gasteiger partial charge in [-0.3, -0.25) is 0 Å². The number of halogens is 4.